The molecule has 7 heteroatoms. The monoisotopic (exact) mass is 306 g/mol. The Morgan fingerprint density at radius 2 is 1.86 bits per heavy atom. The van der Waals surface area contributed by atoms with Gasteiger partial charge in [-0.1, -0.05) is 38.1 Å². The predicted molar refractivity (Wildman–Crippen MR) is 76.2 cm³/mol. The van der Waals surface area contributed by atoms with Crippen molar-refractivity contribution in [3.8, 4) is 0 Å². The van der Waals surface area contributed by atoms with E-state index in [1.807, 2.05) is 20.8 Å². The maximum atomic E-state index is 12.4. The van der Waals surface area contributed by atoms with Gasteiger partial charge in [0.1, 0.15) is 11.7 Å². The molecule has 0 spiro atoms. The SMILES string of the molecule is CC(C)(C)c1cc(NC(=O)[C@@H]2[C@@H](C(=O)O)[C@H]3C=C[C@H]2O3)no1. The second kappa shape index (κ2) is 4.95. The molecule has 1 amide bonds. The summed E-state index contributed by atoms with van der Waals surface area (Å²) in [5, 5.41) is 15.7. The summed E-state index contributed by atoms with van der Waals surface area (Å²) in [6.45, 7) is 5.90. The van der Waals surface area contributed by atoms with E-state index in [1.165, 1.54) is 0 Å². The molecule has 2 bridgehead atoms. The third kappa shape index (κ3) is 2.41. The van der Waals surface area contributed by atoms with Crippen molar-refractivity contribution in [1.82, 2.24) is 5.16 Å². The smallest absolute Gasteiger partial charge is 0.310 e. The van der Waals surface area contributed by atoms with Crippen LogP contribution >= 0.6 is 0 Å². The number of ether oxygens (including phenoxy) is 1. The molecular weight excluding hydrogens is 288 g/mol. The topological polar surface area (TPSA) is 102 Å². The Kier molecular flexibility index (Phi) is 3.32. The normalized spacial score (nSPS) is 29.8. The number of hydrogen-bond acceptors (Lipinski definition) is 5. The van der Waals surface area contributed by atoms with Gasteiger partial charge in [0, 0.05) is 11.5 Å². The van der Waals surface area contributed by atoms with E-state index in [1.54, 1.807) is 18.2 Å². The molecule has 1 aromatic heterocycles. The van der Waals surface area contributed by atoms with Crippen LogP contribution < -0.4 is 5.32 Å². The van der Waals surface area contributed by atoms with Crippen LogP contribution in [0.5, 0.6) is 0 Å². The van der Waals surface area contributed by atoms with Crippen molar-refractivity contribution < 1.29 is 24.0 Å². The number of carbonyl (C=O) groups excluding carboxylic acids is 1. The van der Waals surface area contributed by atoms with Crippen LogP contribution in [0.4, 0.5) is 5.82 Å². The number of rotatable bonds is 3. The zero-order valence-corrected chi connectivity index (χ0v) is 12.6. The Labute approximate surface area is 127 Å². The molecule has 1 aromatic rings. The van der Waals surface area contributed by atoms with Gasteiger partial charge in [0.2, 0.25) is 5.91 Å². The van der Waals surface area contributed by atoms with Gasteiger partial charge in [-0.15, -0.1) is 0 Å². The van der Waals surface area contributed by atoms with Crippen LogP contribution in [0, 0.1) is 11.8 Å². The minimum atomic E-state index is -1.03. The number of carboxylic acid groups (broad SMARTS) is 1. The molecule has 0 unspecified atom stereocenters. The first-order valence-corrected chi connectivity index (χ1v) is 7.12. The standard InChI is InChI=1S/C15H18N2O5/c1-15(2,3)9-6-10(17-22-9)16-13(18)11-7-4-5-8(21-7)12(11)14(19)20/h4-8,11-12H,1-3H3,(H,19,20)(H,16,17,18)/t7-,8-,11+,12+/m1/s1. The van der Waals surface area contributed by atoms with Crippen LogP contribution in [0.3, 0.4) is 0 Å². The van der Waals surface area contributed by atoms with Gasteiger partial charge < -0.3 is 19.7 Å². The lowest BCUT2D eigenvalue weighted by molar-refractivity contribution is -0.145. The lowest BCUT2D eigenvalue weighted by atomic mass is 9.82. The van der Waals surface area contributed by atoms with Crippen LogP contribution in [0.2, 0.25) is 0 Å². The highest BCUT2D eigenvalue weighted by Crippen LogP contribution is 2.40. The van der Waals surface area contributed by atoms with Crippen LogP contribution in [0.15, 0.2) is 22.7 Å². The van der Waals surface area contributed by atoms with Gasteiger partial charge in [-0.3, -0.25) is 9.59 Å². The third-order valence-corrected chi connectivity index (χ3v) is 3.99. The zero-order valence-electron chi connectivity index (χ0n) is 12.6. The summed E-state index contributed by atoms with van der Waals surface area (Å²) in [4.78, 5) is 23.8. The molecule has 22 heavy (non-hydrogen) atoms. The molecule has 0 saturated carbocycles. The number of amides is 1. The fourth-order valence-corrected chi connectivity index (χ4v) is 2.81. The number of aromatic nitrogens is 1. The Morgan fingerprint density at radius 1 is 1.23 bits per heavy atom. The van der Waals surface area contributed by atoms with E-state index in [2.05, 4.69) is 10.5 Å². The van der Waals surface area contributed by atoms with Crippen molar-refractivity contribution in [3.63, 3.8) is 0 Å². The summed E-state index contributed by atoms with van der Waals surface area (Å²) >= 11 is 0. The van der Waals surface area contributed by atoms with Crippen molar-refractivity contribution in [2.45, 2.75) is 38.4 Å². The summed E-state index contributed by atoms with van der Waals surface area (Å²) in [6, 6.07) is 1.65. The molecule has 1 saturated heterocycles. The van der Waals surface area contributed by atoms with Crippen molar-refractivity contribution in [1.29, 1.82) is 0 Å². The van der Waals surface area contributed by atoms with E-state index >= 15 is 0 Å². The van der Waals surface area contributed by atoms with Gasteiger partial charge in [0.05, 0.1) is 18.1 Å². The molecule has 118 valence electrons. The minimum absolute atomic E-state index is 0.224. The molecule has 2 N–H and O–H groups in total. The van der Waals surface area contributed by atoms with E-state index in [4.69, 9.17) is 9.26 Å². The Balaban J connectivity index is 1.76. The van der Waals surface area contributed by atoms with Gasteiger partial charge in [-0.05, 0) is 0 Å². The summed E-state index contributed by atoms with van der Waals surface area (Å²) < 4.78 is 10.7. The van der Waals surface area contributed by atoms with Crippen LogP contribution in [-0.4, -0.2) is 34.3 Å². The van der Waals surface area contributed by atoms with E-state index in [-0.39, 0.29) is 11.2 Å². The molecule has 0 radical (unpaired) electrons. The summed E-state index contributed by atoms with van der Waals surface area (Å²) in [5.41, 5.74) is -0.224. The van der Waals surface area contributed by atoms with E-state index in [0.717, 1.165) is 0 Å². The summed E-state index contributed by atoms with van der Waals surface area (Å²) in [5.74, 6) is -2.16. The maximum Gasteiger partial charge on any atom is 0.310 e. The largest absolute Gasteiger partial charge is 0.481 e. The fourth-order valence-electron chi connectivity index (χ4n) is 2.81. The molecule has 2 aliphatic rings. The lowest BCUT2D eigenvalue weighted by Crippen LogP contribution is -2.39. The van der Waals surface area contributed by atoms with E-state index in [0.29, 0.717) is 5.76 Å². The third-order valence-electron chi connectivity index (χ3n) is 3.99. The molecular formula is C15H18N2O5. The molecule has 2 aliphatic heterocycles. The summed E-state index contributed by atoms with van der Waals surface area (Å²) in [6.07, 6.45) is 2.39. The number of fused-ring (bicyclic) bond motifs is 2. The average molecular weight is 306 g/mol. The quantitative estimate of drug-likeness (QED) is 0.822. The molecule has 3 heterocycles. The second-order valence-corrected chi connectivity index (χ2v) is 6.66. The number of aliphatic carboxylic acids is 1. The Morgan fingerprint density at radius 3 is 2.41 bits per heavy atom. The van der Waals surface area contributed by atoms with E-state index in [9.17, 15) is 14.7 Å². The van der Waals surface area contributed by atoms with Crippen LogP contribution in [-0.2, 0) is 19.7 Å². The summed E-state index contributed by atoms with van der Waals surface area (Å²) in [7, 11) is 0. The minimum Gasteiger partial charge on any atom is -0.481 e. The van der Waals surface area contributed by atoms with Crippen molar-refractivity contribution in [2.75, 3.05) is 5.32 Å². The molecule has 0 aliphatic carbocycles. The molecule has 1 fully saturated rings. The second-order valence-electron chi connectivity index (χ2n) is 6.66. The van der Waals surface area contributed by atoms with E-state index < -0.39 is 35.9 Å². The average Bonchev–Trinajstić information content (AvgIpc) is 3.11. The molecule has 7 nitrogen and oxygen atoms in total. The number of carbonyl (C=O) groups is 2. The number of nitrogens with zero attached hydrogens (tertiary/aromatic N) is 1. The molecule has 4 atom stereocenters. The first-order valence-electron chi connectivity index (χ1n) is 7.12. The van der Waals surface area contributed by atoms with Gasteiger partial charge in [-0.2, -0.15) is 0 Å². The van der Waals surface area contributed by atoms with Crippen molar-refractivity contribution >= 4 is 17.7 Å². The number of anilines is 1. The highest BCUT2D eigenvalue weighted by atomic mass is 16.5. The van der Waals surface area contributed by atoms with Gasteiger partial charge >= 0.3 is 5.97 Å². The number of nitrogens with one attached hydrogen (secondary N) is 1. The first-order chi connectivity index (χ1) is 10.3. The van der Waals surface area contributed by atoms with Crippen molar-refractivity contribution in [2.24, 2.45) is 11.8 Å². The van der Waals surface area contributed by atoms with Crippen LogP contribution in [0.1, 0.15) is 26.5 Å². The maximum absolute atomic E-state index is 12.4. The molecule has 3 rings (SSSR count). The lowest BCUT2D eigenvalue weighted by Gasteiger charge is -2.20. The van der Waals surface area contributed by atoms with Gasteiger partial charge in [-0.25, -0.2) is 0 Å². The fraction of sp³-hybridized carbons (Fsp3) is 0.533. The predicted octanol–water partition coefficient (Wildman–Crippen LogP) is 1.56. The highest BCUT2D eigenvalue weighted by Gasteiger charge is 2.53. The van der Waals surface area contributed by atoms with Crippen LogP contribution in [0.25, 0.3) is 0 Å². The van der Waals surface area contributed by atoms with Gasteiger partial charge in [0.25, 0.3) is 0 Å². The Hall–Kier alpha value is -2.15. The first kappa shape index (κ1) is 14.8. The number of carboxylic acids is 1. The highest BCUT2D eigenvalue weighted by molar-refractivity contribution is 5.96. The Bertz CT molecular complexity index is 643. The zero-order chi connectivity index (χ0) is 16.1. The van der Waals surface area contributed by atoms with Gasteiger partial charge in [0.15, 0.2) is 5.82 Å². The van der Waals surface area contributed by atoms with Crippen molar-refractivity contribution in [3.05, 3.63) is 24.0 Å². The number of hydrogen-bond donors (Lipinski definition) is 2. The molecule has 0 aromatic carbocycles.